The molecule has 0 saturated heterocycles. The number of carboxylic acids is 1. The molecule has 0 heterocycles. The molecule has 0 aliphatic carbocycles. The van der Waals surface area contributed by atoms with E-state index in [9.17, 15) is 19.5 Å². The maximum Gasteiger partial charge on any atom is 0.414 e. The summed E-state index contributed by atoms with van der Waals surface area (Å²) in [5.41, 5.74) is 7.82. The van der Waals surface area contributed by atoms with Gasteiger partial charge in [0, 0.05) is 4.91 Å². The zero-order valence-corrected chi connectivity index (χ0v) is 18.9. The molecule has 0 aliphatic rings. The number of aliphatic imine (C=N–C) groups is 1. The average molecular weight is 448 g/mol. The Labute approximate surface area is 185 Å². The number of carbonyl (C=O) groups is 3. The monoisotopic (exact) mass is 448 g/mol. The van der Waals surface area contributed by atoms with Gasteiger partial charge in [-0.25, -0.2) is 19.4 Å². The van der Waals surface area contributed by atoms with Gasteiger partial charge in [0.15, 0.2) is 0 Å². The van der Waals surface area contributed by atoms with Crippen molar-refractivity contribution in [1.82, 2.24) is 10.6 Å². The summed E-state index contributed by atoms with van der Waals surface area (Å²) in [4.78, 5) is 42.5. The molecule has 3 N–H and O–H groups in total. The molecule has 12 heteroatoms. The lowest BCUT2D eigenvalue weighted by molar-refractivity contribution is 0.0543. The number of nitrogens with zero attached hydrogens (tertiary/aromatic N) is 4. The fourth-order valence-electron chi connectivity index (χ4n) is 2.26. The molecular formula is C20H28N6O6. The molecule has 0 aliphatic heterocycles. The van der Waals surface area contributed by atoms with Gasteiger partial charge >= 0.3 is 18.2 Å². The minimum absolute atomic E-state index is 0.0254. The predicted molar refractivity (Wildman–Crippen MR) is 116 cm³/mol. The highest BCUT2D eigenvalue weighted by Crippen LogP contribution is 2.14. The van der Waals surface area contributed by atoms with Crippen LogP contribution in [0.1, 0.15) is 63.0 Å². The summed E-state index contributed by atoms with van der Waals surface area (Å²) in [6.07, 6.45) is -1.70. The van der Waals surface area contributed by atoms with E-state index in [0.29, 0.717) is 11.1 Å². The molecule has 32 heavy (non-hydrogen) atoms. The van der Waals surface area contributed by atoms with Crippen LogP contribution in [0.2, 0.25) is 0 Å². The largest absolute Gasteiger partial charge is 0.478 e. The minimum Gasteiger partial charge on any atom is -0.478 e. The number of amides is 2. The molecule has 174 valence electrons. The van der Waals surface area contributed by atoms with Crippen LogP contribution in [0.4, 0.5) is 9.59 Å². The van der Waals surface area contributed by atoms with E-state index in [4.69, 9.17) is 15.0 Å². The zero-order chi connectivity index (χ0) is 24.5. The summed E-state index contributed by atoms with van der Waals surface area (Å²) < 4.78 is 10.3. The highest BCUT2D eigenvalue weighted by atomic mass is 16.6. The molecule has 12 nitrogen and oxygen atoms in total. The van der Waals surface area contributed by atoms with Gasteiger partial charge in [-0.2, -0.15) is 0 Å². The Balaban J connectivity index is 3.17. The summed E-state index contributed by atoms with van der Waals surface area (Å²) in [5, 5.41) is 17.4. The van der Waals surface area contributed by atoms with Crippen molar-refractivity contribution >= 4 is 24.1 Å². The maximum atomic E-state index is 12.1. The number of ether oxygens (including phenoxy) is 2. The zero-order valence-electron chi connectivity index (χ0n) is 18.9. The van der Waals surface area contributed by atoms with Gasteiger partial charge in [-0.1, -0.05) is 11.2 Å². The van der Waals surface area contributed by atoms with E-state index in [0.717, 1.165) is 0 Å². The summed E-state index contributed by atoms with van der Waals surface area (Å²) in [5.74, 6) is -1.41. The van der Waals surface area contributed by atoms with Gasteiger partial charge in [0.2, 0.25) is 5.96 Å². The Kier molecular flexibility index (Phi) is 9.03. The topological polar surface area (TPSA) is 175 Å². The Morgan fingerprint density at radius 2 is 1.41 bits per heavy atom. The number of azide groups is 1. The number of aromatic carboxylic acids is 1. The molecule has 0 spiro atoms. The number of benzene rings is 1. The smallest absolute Gasteiger partial charge is 0.414 e. The van der Waals surface area contributed by atoms with Crippen LogP contribution < -0.4 is 10.6 Å². The first-order chi connectivity index (χ1) is 14.7. The van der Waals surface area contributed by atoms with Crippen LogP contribution in [0.15, 0.2) is 28.3 Å². The lowest BCUT2D eigenvalue weighted by atomic mass is 10.1. The predicted octanol–water partition coefficient (Wildman–Crippen LogP) is 4.10. The van der Waals surface area contributed by atoms with E-state index < -0.39 is 29.4 Å². The number of guanidine groups is 1. The third-order valence-corrected chi connectivity index (χ3v) is 3.27. The van der Waals surface area contributed by atoms with Gasteiger partial charge in [0.1, 0.15) is 11.2 Å². The lowest BCUT2D eigenvalue weighted by Crippen LogP contribution is -2.47. The lowest BCUT2D eigenvalue weighted by Gasteiger charge is -2.22. The van der Waals surface area contributed by atoms with Crippen LogP contribution in [-0.4, -0.2) is 40.4 Å². The van der Waals surface area contributed by atoms with Crippen LogP contribution in [0, 0.1) is 0 Å². The number of carbonyl (C=O) groups excluding carboxylic acids is 2. The number of nitrogens with one attached hydrogen (secondary N) is 2. The van der Waals surface area contributed by atoms with Crippen LogP contribution in [0.25, 0.3) is 10.4 Å². The van der Waals surface area contributed by atoms with E-state index in [2.05, 4.69) is 25.7 Å². The second kappa shape index (κ2) is 11.0. The fourth-order valence-corrected chi connectivity index (χ4v) is 2.26. The van der Waals surface area contributed by atoms with Crippen molar-refractivity contribution in [3.8, 4) is 0 Å². The van der Waals surface area contributed by atoms with E-state index >= 15 is 0 Å². The molecule has 0 fully saturated rings. The second-order valence-electron chi connectivity index (χ2n) is 8.65. The van der Waals surface area contributed by atoms with E-state index in [1.54, 1.807) is 47.6 Å². The Bertz CT molecular complexity index is 907. The van der Waals surface area contributed by atoms with Crippen molar-refractivity contribution in [3.05, 3.63) is 45.3 Å². The molecule has 0 unspecified atom stereocenters. The second-order valence-corrected chi connectivity index (χ2v) is 8.65. The van der Waals surface area contributed by atoms with Gasteiger partial charge in [0.25, 0.3) is 0 Å². The normalized spacial score (nSPS) is 10.9. The maximum absolute atomic E-state index is 12.1. The van der Waals surface area contributed by atoms with Crippen molar-refractivity contribution in [1.29, 1.82) is 0 Å². The van der Waals surface area contributed by atoms with Crippen LogP contribution in [-0.2, 0) is 22.6 Å². The molecular weight excluding hydrogens is 420 g/mol. The van der Waals surface area contributed by atoms with Crippen LogP contribution >= 0.6 is 0 Å². The molecule has 1 rings (SSSR count). The third kappa shape index (κ3) is 10.8. The standard InChI is InChI=1S/C20H28N6O6/c1-19(2,3)31-17(29)24-16(25-18(30)32-20(4,5)6)22-10-12-7-13(11-23-26-21)9-14(8-12)15(27)28/h7-9H,10-11H2,1-6H3,(H,27,28)(H2,22,24,25,29,30). The molecule has 0 radical (unpaired) electrons. The van der Waals surface area contributed by atoms with E-state index in [1.807, 2.05) is 0 Å². The van der Waals surface area contributed by atoms with Crippen molar-refractivity contribution < 1.29 is 29.0 Å². The highest BCUT2D eigenvalue weighted by Gasteiger charge is 2.21. The molecule has 1 aromatic carbocycles. The first-order valence-electron chi connectivity index (χ1n) is 9.60. The summed E-state index contributed by atoms with van der Waals surface area (Å²) in [7, 11) is 0. The first kappa shape index (κ1) is 26.2. The summed E-state index contributed by atoms with van der Waals surface area (Å²) in [6.45, 7) is 9.89. The third-order valence-electron chi connectivity index (χ3n) is 3.27. The molecule has 0 atom stereocenters. The Morgan fingerprint density at radius 1 is 0.938 bits per heavy atom. The number of rotatable bonds is 5. The summed E-state index contributed by atoms with van der Waals surface area (Å²) in [6, 6.07) is 4.36. The number of hydrogen-bond donors (Lipinski definition) is 3. The van der Waals surface area contributed by atoms with Gasteiger partial charge in [-0.05, 0) is 70.3 Å². The number of alkyl carbamates (subject to hydrolysis) is 2. The molecule has 0 bridgehead atoms. The SMILES string of the molecule is CC(C)(C)OC(=O)NC(=NCc1cc(CN=[N+]=[N-])cc(C(=O)O)c1)NC(=O)OC(C)(C)C. The van der Waals surface area contributed by atoms with Crippen molar-refractivity contribution in [2.45, 2.75) is 65.8 Å². The van der Waals surface area contributed by atoms with Crippen molar-refractivity contribution in [2.75, 3.05) is 0 Å². The quantitative estimate of drug-likeness (QED) is 0.201. The van der Waals surface area contributed by atoms with Gasteiger partial charge in [-0.3, -0.25) is 10.6 Å². The highest BCUT2D eigenvalue weighted by molar-refractivity contribution is 6.01. The van der Waals surface area contributed by atoms with Gasteiger partial charge < -0.3 is 14.6 Å². The van der Waals surface area contributed by atoms with Crippen LogP contribution in [0.3, 0.4) is 0 Å². The van der Waals surface area contributed by atoms with Gasteiger partial charge in [0.05, 0.1) is 18.7 Å². The van der Waals surface area contributed by atoms with E-state index in [1.165, 1.54) is 12.1 Å². The first-order valence-corrected chi connectivity index (χ1v) is 9.60. The number of hydrogen-bond acceptors (Lipinski definition) is 7. The summed E-state index contributed by atoms with van der Waals surface area (Å²) >= 11 is 0. The Hall–Kier alpha value is -3.79. The molecule has 0 saturated carbocycles. The van der Waals surface area contributed by atoms with Gasteiger partial charge in [-0.15, -0.1) is 0 Å². The molecule has 0 aromatic heterocycles. The fraction of sp³-hybridized carbons (Fsp3) is 0.500. The molecule has 2 amide bonds. The Morgan fingerprint density at radius 3 is 1.81 bits per heavy atom. The number of carboxylic acid groups (broad SMARTS) is 1. The molecule has 1 aromatic rings. The van der Waals surface area contributed by atoms with Crippen molar-refractivity contribution in [3.63, 3.8) is 0 Å². The van der Waals surface area contributed by atoms with Crippen molar-refractivity contribution in [2.24, 2.45) is 10.1 Å². The van der Waals surface area contributed by atoms with E-state index in [-0.39, 0.29) is 24.6 Å². The average Bonchev–Trinajstić information content (AvgIpc) is 2.61. The minimum atomic E-state index is -1.17. The van der Waals surface area contributed by atoms with Crippen LogP contribution in [0.5, 0.6) is 0 Å².